The number of sulfonamides is 1. The summed E-state index contributed by atoms with van der Waals surface area (Å²) in [7, 11) is 0.283. The molecular formula is C22H28N6O3S. The van der Waals surface area contributed by atoms with Gasteiger partial charge in [-0.15, -0.1) is 0 Å². The van der Waals surface area contributed by atoms with E-state index in [0.29, 0.717) is 62.7 Å². The van der Waals surface area contributed by atoms with Crippen LogP contribution in [0, 0.1) is 6.92 Å². The molecule has 0 atom stereocenters. The summed E-state index contributed by atoms with van der Waals surface area (Å²) in [5.41, 5.74) is 2.89. The average molecular weight is 457 g/mol. The number of aromatic nitrogens is 2. The molecule has 5 rings (SSSR count). The maximum atomic E-state index is 13.5. The Morgan fingerprint density at radius 2 is 1.59 bits per heavy atom. The largest absolute Gasteiger partial charge is 0.363 e. The molecule has 4 heterocycles. The summed E-state index contributed by atoms with van der Waals surface area (Å²) >= 11 is 0. The van der Waals surface area contributed by atoms with Gasteiger partial charge >= 0.3 is 0 Å². The van der Waals surface area contributed by atoms with Gasteiger partial charge in [-0.25, -0.2) is 18.4 Å². The molecule has 1 fully saturated rings. The second-order valence-electron chi connectivity index (χ2n) is 8.80. The Balaban J connectivity index is 1.36. The number of rotatable bonds is 4. The molecule has 0 spiro atoms. The second kappa shape index (κ2) is 7.70. The van der Waals surface area contributed by atoms with Crippen LogP contribution in [0.5, 0.6) is 0 Å². The van der Waals surface area contributed by atoms with Crippen molar-refractivity contribution in [1.29, 1.82) is 0 Å². The first-order valence-electron chi connectivity index (χ1n) is 11.0. The molecule has 0 aliphatic carbocycles. The van der Waals surface area contributed by atoms with Crippen LogP contribution in [0.15, 0.2) is 23.1 Å². The lowest BCUT2D eigenvalue weighted by atomic mass is 10.00. The fourth-order valence-corrected chi connectivity index (χ4v) is 6.33. The fourth-order valence-electron chi connectivity index (χ4n) is 4.81. The van der Waals surface area contributed by atoms with Gasteiger partial charge < -0.3 is 14.7 Å². The van der Waals surface area contributed by atoms with Crippen LogP contribution in [-0.4, -0.2) is 75.4 Å². The highest BCUT2D eigenvalue weighted by Crippen LogP contribution is 2.39. The molecule has 1 amide bonds. The van der Waals surface area contributed by atoms with E-state index in [2.05, 4.69) is 14.9 Å². The highest BCUT2D eigenvalue weighted by atomic mass is 32.2. The molecule has 32 heavy (non-hydrogen) atoms. The first kappa shape index (κ1) is 21.1. The third-order valence-corrected chi connectivity index (χ3v) is 8.37. The predicted molar refractivity (Wildman–Crippen MR) is 123 cm³/mol. The zero-order valence-electron chi connectivity index (χ0n) is 18.7. The van der Waals surface area contributed by atoms with E-state index in [4.69, 9.17) is 0 Å². The molecule has 9 nitrogen and oxygen atoms in total. The molecule has 1 aromatic carbocycles. The molecule has 1 saturated heterocycles. The van der Waals surface area contributed by atoms with Gasteiger partial charge in [0.15, 0.2) is 0 Å². The molecular weight excluding hydrogens is 428 g/mol. The summed E-state index contributed by atoms with van der Waals surface area (Å²) in [6, 6.07) is 5.49. The van der Waals surface area contributed by atoms with E-state index in [1.807, 2.05) is 36.9 Å². The van der Waals surface area contributed by atoms with E-state index in [-0.39, 0.29) is 5.91 Å². The van der Waals surface area contributed by atoms with Gasteiger partial charge in [0, 0.05) is 59.3 Å². The standard InChI is InChI=1S/C22H28N6O3S/c1-15-23-19(25(2)3)14-20(24-15)26-8-10-27(11-9-26)32(30,31)18-12-16-4-5-21(29)28-7-6-17(13-18)22(16)28/h12-14H,4-11H2,1-3H3. The number of benzene rings is 1. The molecule has 0 radical (unpaired) electrons. The number of piperazine rings is 1. The Kier molecular flexibility index (Phi) is 5.09. The van der Waals surface area contributed by atoms with Gasteiger partial charge in [-0.1, -0.05) is 0 Å². The lowest BCUT2D eigenvalue weighted by Crippen LogP contribution is -2.49. The van der Waals surface area contributed by atoms with Crippen molar-refractivity contribution in [3.63, 3.8) is 0 Å². The summed E-state index contributed by atoms with van der Waals surface area (Å²) in [5.74, 6) is 2.49. The van der Waals surface area contributed by atoms with Gasteiger partial charge in [0.1, 0.15) is 17.5 Å². The molecule has 170 valence electrons. The number of aryl methyl sites for hydroxylation is 2. The van der Waals surface area contributed by atoms with E-state index < -0.39 is 10.0 Å². The zero-order valence-corrected chi connectivity index (χ0v) is 19.5. The van der Waals surface area contributed by atoms with Crippen molar-refractivity contribution in [2.75, 3.05) is 61.5 Å². The minimum Gasteiger partial charge on any atom is -0.363 e. The quantitative estimate of drug-likeness (QED) is 0.683. The summed E-state index contributed by atoms with van der Waals surface area (Å²) in [6.07, 6.45) is 1.77. The Labute approximate surface area is 188 Å². The molecule has 0 N–H and O–H groups in total. The molecule has 0 unspecified atom stereocenters. The fraction of sp³-hybridized carbons (Fsp3) is 0.500. The van der Waals surface area contributed by atoms with Gasteiger partial charge in [-0.05, 0) is 43.0 Å². The van der Waals surface area contributed by atoms with Gasteiger partial charge in [-0.3, -0.25) is 4.79 Å². The Morgan fingerprint density at radius 1 is 0.906 bits per heavy atom. The van der Waals surface area contributed by atoms with E-state index in [1.165, 1.54) is 0 Å². The SMILES string of the molecule is Cc1nc(N(C)C)cc(N2CCN(S(=O)(=O)c3cc4c5c(c3)CCN5C(=O)CC4)CC2)n1. The summed E-state index contributed by atoms with van der Waals surface area (Å²) in [6.45, 7) is 4.47. The minimum atomic E-state index is -3.60. The zero-order chi connectivity index (χ0) is 22.6. The number of hydrogen-bond donors (Lipinski definition) is 0. The molecule has 3 aliphatic rings. The van der Waals surface area contributed by atoms with Crippen LogP contribution < -0.4 is 14.7 Å². The monoisotopic (exact) mass is 456 g/mol. The highest BCUT2D eigenvalue weighted by Gasteiger charge is 2.35. The van der Waals surface area contributed by atoms with Crippen molar-refractivity contribution in [3.8, 4) is 0 Å². The van der Waals surface area contributed by atoms with Gasteiger partial charge in [-0.2, -0.15) is 4.31 Å². The van der Waals surface area contributed by atoms with E-state index in [0.717, 1.165) is 28.5 Å². The maximum Gasteiger partial charge on any atom is 0.243 e. The van der Waals surface area contributed by atoms with Crippen LogP contribution in [0.1, 0.15) is 23.4 Å². The number of nitrogens with zero attached hydrogens (tertiary/aromatic N) is 6. The molecule has 3 aliphatic heterocycles. The minimum absolute atomic E-state index is 0.139. The van der Waals surface area contributed by atoms with Gasteiger partial charge in [0.05, 0.1) is 10.6 Å². The van der Waals surface area contributed by atoms with Crippen LogP contribution in [0.4, 0.5) is 17.3 Å². The second-order valence-corrected chi connectivity index (χ2v) is 10.7. The third-order valence-electron chi connectivity index (χ3n) is 6.49. The van der Waals surface area contributed by atoms with Crippen molar-refractivity contribution in [3.05, 3.63) is 35.2 Å². The summed E-state index contributed by atoms with van der Waals surface area (Å²) in [4.78, 5) is 27.4. The first-order chi connectivity index (χ1) is 15.2. The highest BCUT2D eigenvalue weighted by molar-refractivity contribution is 7.89. The van der Waals surface area contributed by atoms with Gasteiger partial charge in [0.2, 0.25) is 15.9 Å². The van der Waals surface area contributed by atoms with Crippen LogP contribution in [0.2, 0.25) is 0 Å². The first-order valence-corrected chi connectivity index (χ1v) is 12.4. The van der Waals surface area contributed by atoms with Gasteiger partial charge in [0.25, 0.3) is 0 Å². The van der Waals surface area contributed by atoms with E-state index in [9.17, 15) is 13.2 Å². The van der Waals surface area contributed by atoms with Crippen molar-refractivity contribution >= 4 is 33.3 Å². The maximum absolute atomic E-state index is 13.5. The van der Waals surface area contributed by atoms with Crippen LogP contribution in [0.3, 0.4) is 0 Å². The average Bonchev–Trinajstić information content (AvgIpc) is 3.21. The molecule has 0 saturated carbocycles. The van der Waals surface area contributed by atoms with Crippen molar-refractivity contribution in [2.45, 2.75) is 31.1 Å². The smallest absolute Gasteiger partial charge is 0.243 e. The molecule has 10 heteroatoms. The van der Waals surface area contributed by atoms with Crippen molar-refractivity contribution in [1.82, 2.24) is 14.3 Å². The van der Waals surface area contributed by atoms with Crippen LogP contribution in [0.25, 0.3) is 0 Å². The molecule has 1 aromatic heterocycles. The Bertz CT molecular complexity index is 1190. The van der Waals surface area contributed by atoms with Crippen LogP contribution in [-0.2, 0) is 27.7 Å². The number of carbonyl (C=O) groups is 1. The molecule has 0 bridgehead atoms. The number of carbonyl (C=O) groups excluding carboxylic acids is 1. The molecule has 2 aromatic rings. The van der Waals surface area contributed by atoms with E-state index in [1.54, 1.807) is 16.4 Å². The third kappa shape index (κ3) is 3.51. The number of amides is 1. The van der Waals surface area contributed by atoms with Crippen molar-refractivity contribution in [2.24, 2.45) is 0 Å². The normalized spacial score (nSPS) is 18.8. The summed E-state index contributed by atoms with van der Waals surface area (Å²) in [5, 5.41) is 0. The lowest BCUT2D eigenvalue weighted by molar-refractivity contribution is -0.118. The van der Waals surface area contributed by atoms with Crippen molar-refractivity contribution < 1.29 is 13.2 Å². The lowest BCUT2D eigenvalue weighted by Gasteiger charge is -2.35. The number of anilines is 3. The predicted octanol–water partition coefficient (Wildman–Crippen LogP) is 1.20. The topological polar surface area (TPSA) is 90.0 Å². The summed E-state index contributed by atoms with van der Waals surface area (Å²) < 4.78 is 28.5. The Hall–Kier alpha value is -2.72. The van der Waals surface area contributed by atoms with Crippen LogP contribution >= 0.6 is 0 Å². The number of hydrogen-bond acceptors (Lipinski definition) is 7. The van der Waals surface area contributed by atoms with E-state index >= 15 is 0 Å². The Morgan fingerprint density at radius 3 is 2.28 bits per heavy atom.